The highest BCUT2D eigenvalue weighted by molar-refractivity contribution is 5.89. The predicted molar refractivity (Wildman–Crippen MR) is 79.6 cm³/mol. The third kappa shape index (κ3) is 1.55. The SMILES string of the molecule is C[C@]1(O)C2=C(CCCC2)Oc2ccc3ccccc3c21. The maximum absolute atomic E-state index is 11.2. The number of aliphatic hydroxyl groups is 1. The zero-order chi connectivity index (χ0) is 13.7. The molecule has 0 saturated heterocycles. The van der Waals surface area contributed by atoms with Crippen LogP contribution in [-0.4, -0.2) is 5.11 Å². The third-order valence-electron chi connectivity index (χ3n) is 4.62. The Labute approximate surface area is 118 Å². The molecule has 2 aliphatic rings. The van der Waals surface area contributed by atoms with Crippen molar-refractivity contribution in [1.82, 2.24) is 0 Å². The molecule has 0 fully saturated rings. The second-order valence-corrected chi connectivity index (χ2v) is 5.94. The molecule has 0 saturated carbocycles. The largest absolute Gasteiger partial charge is 0.461 e. The summed E-state index contributed by atoms with van der Waals surface area (Å²) < 4.78 is 6.10. The Balaban J connectivity index is 2.02. The summed E-state index contributed by atoms with van der Waals surface area (Å²) in [7, 11) is 0. The van der Waals surface area contributed by atoms with Crippen LogP contribution in [0.3, 0.4) is 0 Å². The van der Waals surface area contributed by atoms with Crippen LogP contribution in [0.5, 0.6) is 5.75 Å². The molecule has 4 rings (SSSR count). The van der Waals surface area contributed by atoms with E-state index in [1.165, 1.54) is 0 Å². The molecule has 2 aromatic rings. The van der Waals surface area contributed by atoms with Gasteiger partial charge in [-0.1, -0.05) is 30.3 Å². The summed E-state index contributed by atoms with van der Waals surface area (Å²) in [4.78, 5) is 0. The quantitative estimate of drug-likeness (QED) is 0.771. The first-order valence-corrected chi connectivity index (χ1v) is 7.33. The van der Waals surface area contributed by atoms with E-state index in [1.54, 1.807) is 0 Å². The van der Waals surface area contributed by atoms with Crippen LogP contribution in [0.2, 0.25) is 0 Å². The van der Waals surface area contributed by atoms with Crippen LogP contribution in [0.4, 0.5) is 0 Å². The van der Waals surface area contributed by atoms with Crippen molar-refractivity contribution >= 4 is 10.8 Å². The lowest BCUT2D eigenvalue weighted by molar-refractivity contribution is 0.0744. The topological polar surface area (TPSA) is 29.5 Å². The third-order valence-corrected chi connectivity index (χ3v) is 4.62. The van der Waals surface area contributed by atoms with Gasteiger partial charge < -0.3 is 9.84 Å². The Morgan fingerprint density at radius 2 is 1.85 bits per heavy atom. The van der Waals surface area contributed by atoms with Gasteiger partial charge in [-0.3, -0.25) is 0 Å². The first kappa shape index (κ1) is 12.0. The van der Waals surface area contributed by atoms with Crippen LogP contribution in [0.25, 0.3) is 10.8 Å². The van der Waals surface area contributed by atoms with Gasteiger partial charge in [-0.25, -0.2) is 0 Å². The highest BCUT2D eigenvalue weighted by atomic mass is 16.5. The molecule has 2 aromatic carbocycles. The Kier molecular flexibility index (Phi) is 2.45. The average Bonchev–Trinajstić information content (AvgIpc) is 2.46. The number of benzene rings is 2. The van der Waals surface area contributed by atoms with Crippen LogP contribution in [0, 0.1) is 0 Å². The van der Waals surface area contributed by atoms with Crippen LogP contribution >= 0.6 is 0 Å². The lowest BCUT2D eigenvalue weighted by atomic mass is 9.77. The molecule has 0 aromatic heterocycles. The molecule has 0 amide bonds. The molecule has 102 valence electrons. The second-order valence-electron chi connectivity index (χ2n) is 5.94. The molecule has 0 bridgehead atoms. The molecule has 0 unspecified atom stereocenters. The fraction of sp³-hybridized carbons (Fsp3) is 0.333. The van der Waals surface area contributed by atoms with Gasteiger partial charge >= 0.3 is 0 Å². The molecule has 1 aliphatic carbocycles. The summed E-state index contributed by atoms with van der Waals surface area (Å²) in [6.45, 7) is 1.92. The minimum absolute atomic E-state index is 0.814. The van der Waals surface area contributed by atoms with E-state index >= 15 is 0 Å². The minimum atomic E-state index is -0.912. The van der Waals surface area contributed by atoms with Gasteiger partial charge in [-0.2, -0.15) is 0 Å². The van der Waals surface area contributed by atoms with E-state index in [9.17, 15) is 5.11 Å². The Morgan fingerprint density at radius 3 is 2.75 bits per heavy atom. The number of allylic oxidation sites excluding steroid dienone is 1. The first-order chi connectivity index (χ1) is 9.68. The van der Waals surface area contributed by atoms with Crippen molar-refractivity contribution in [3.63, 3.8) is 0 Å². The van der Waals surface area contributed by atoms with Gasteiger partial charge in [0.05, 0.1) is 0 Å². The summed E-state index contributed by atoms with van der Waals surface area (Å²) in [5, 5.41) is 13.4. The predicted octanol–water partition coefficient (Wildman–Crippen LogP) is 4.27. The van der Waals surface area contributed by atoms with Crippen molar-refractivity contribution in [1.29, 1.82) is 0 Å². The van der Waals surface area contributed by atoms with E-state index in [1.807, 2.05) is 25.1 Å². The van der Waals surface area contributed by atoms with Gasteiger partial charge in [0.25, 0.3) is 0 Å². The number of hydrogen-bond donors (Lipinski definition) is 1. The Morgan fingerprint density at radius 1 is 1.05 bits per heavy atom. The summed E-state index contributed by atoms with van der Waals surface area (Å²) in [5.41, 5.74) is 1.09. The van der Waals surface area contributed by atoms with E-state index in [0.29, 0.717) is 0 Å². The first-order valence-electron chi connectivity index (χ1n) is 7.33. The van der Waals surface area contributed by atoms with E-state index in [-0.39, 0.29) is 0 Å². The van der Waals surface area contributed by atoms with Crippen molar-refractivity contribution in [3.8, 4) is 5.75 Å². The van der Waals surface area contributed by atoms with E-state index < -0.39 is 5.60 Å². The standard InChI is InChI=1S/C18H18O2/c1-18(19)14-8-4-5-9-15(14)20-16-11-10-12-6-2-3-7-13(12)17(16)18/h2-3,6-7,10-11,19H,4-5,8-9H2,1H3/t18-/m0/s1. The van der Waals surface area contributed by atoms with Crippen LogP contribution in [-0.2, 0) is 5.60 Å². The highest BCUT2D eigenvalue weighted by Crippen LogP contribution is 2.49. The summed E-state index contributed by atoms with van der Waals surface area (Å²) in [6.07, 6.45) is 4.17. The second kappa shape index (κ2) is 4.10. The summed E-state index contributed by atoms with van der Waals surface area (Å²) in [6, 6.07) is 12.3. The number of rotatable bonds is 0. The van der Waals surface area contributed by atoms with Crippen molar-refractivity contribution in [2.45, 2.75) is 38.2 Å². The Bertz CT molecular complexity index is 725. The van der Waals surface area contributed by atoms with Gasteiger partial charge in [0.15, 0.2) is 0 Å². The molecule has 1 aliphatic heterocycles. The molecule has 20 heavy (non-hydrogen) atoms. The molecule has 1 N–H and O–H groups in total. The molecular weight excluding hydrogens is 248 g/mol. The molecule has 0 radical (unpaired) electrons. The number of ether oxygens (including phenoxy) is 1. The van der Waals surface area contributed by atoms with Crippen LogP contribution < -0.4 is 4.74 Å². The van der Waals surface area contributed by atoms with Gasteiger partial charge in [-0.15, -0.1) is 0 Å². The van der Waals surface area contributed by atoms with Gasteiger partial charge in [0.1, 0.15) is 17.1 Å². The van der Waals surface area contributed by atoms with Gasteiger partial charge in [-0.05, 0) is 43.0 Å². The van der Waals surface area contributed by atoms with Gasteiger partial charge in [0, 0.05) is 17.6 Å². The number of hydrogen-bond acceptors (Lipinski definition) is 2. The van der Waals surface area contributed by atoms with E-state index in [4.69, 9.17) is 4.74 Å². The monoisotopic (exact) mass is 266 g/mol. The van der Waals surface area contributed by atoms with Crippen molar-refractivity contribution < 1.29 is 9.84 Å². The summed E-state index contributed by atoms with van der Waals surface area (Å²) in [5.74, 6) is 1.80. The van der Waals surface area contributed by atoms with Gasteiger partial charge in [0.2, 0.25) is 0 Å². The molecule has 2 nitrogen and oxygen atoms in total. The van der Waals surface area contributed by atoms with E-state index in [0.717, 1.165) is 59.1 Å². The maximum Gasteiger partial charge on any atom is 0.133 e. The minimum Gasteiger partial charge on any atom is -0.461 e. The fourth-order valence-corrected chi connectivity index (χ4v) is 3.63. The van der Waals surface area contributed by atoms with Crippen molar-refractivity contribution in [2.24, 2.45) is 0 Å². The maximum atomic E-state index is 11.2. The molecular formula is C18H18O2. The number of fused-ring (bicyclic) bond motifs is 3. The summed E-state index contributed by atoms with van der Waals surface area (Å²) >= 11 is 0. The lowest BCUT2D eigenvalue weighted by Gasteiger charge is -2.38. The normalized spacial score (nSPS) is 25.1. The average molecular weight is 266 g/mol. The molecule has 2 heteroatoms. The highest BCUT2D eigenvalue weighted by Gasteiger charge is 2.40. The van der Waals surface area contributed by atoms with E-state index in [2.05, 4.69) is 18.2 Å². The fourth-order valence-electron chi connectivity index (χ4n) is 3.63. The van der Waals surface area contributed by atoms with Crippen LogP contribution in [0.15, 0.2) is 47.7 Å². The molecule has 0 spiro atoms. The molecule has 1 atom stereocenters. The lowest BCUT2D eigenvalue weighted by Crippen LogP contribution is -2.32. The zero-order valence-electron chi connectivity index (χ0n) is 11.6. The smallest absolute Gasteiger partial charge is 0.133 e. The zero-order valence-corrected chi connectivity index (χ0v) is 11.6. The van der Waals surface area contributed by atoms with Crippen molar-refractivity contribution in [2.75, 3.05) is 0 Å². The molecule has 1 heterocycles. The van der Waals surface area contributed by atoms with Crippen LogP contribution in [0.1, 0.15) is 38.2 Å². The Hall–Kier alpha value is -1.80. The van der Waals surface area contributed by atoms with Crippen molar-refractivity contribution in [3.05, 3.63) is 53.3 Å².